The number of hydrogen-bond acceptors (Lipinski definition) is 0. The second-order valence-electron chi connectivity index (χ2n) is 15.3. The molecule has 0 aromatic heterocycles. The van der Waals surface area contributed by atoms with Gasteiger partial charge in [0.1, 0.15) is 0 Å². The van der Waals surface area contributed by atoms with Crippen LogP contribution < -0.4 is 0 Å². The molecule has 0 atom stereocenters. The minimum atomic E-state index is 0.0726. The van der Waals surface area contributed by atoms with Gasteiger partial charge in [0, 0.05) is 0 Å². The third-order valence-corrected chi connectivity index (χ3v) is 12.4. The lowest BCUT2D eigenvalue weighted by atomic mass is 9.84. The van der Waals surface area contributed by atoms with E-state index in [4.69, 9.17) is 0 Å². The highest BCUT2D eigenvalue weighted by atomic mass is 14.3. The molecule has 1 aliphatic carbocycles. The lowest BCUT2D eigenvalue weighted by Crippen LogP contribution is -1.92. The van der Waals surface area contributed by atoms with Crippen molar-refractivity contribution in [2.45, 2.75) is 6.42 Å². The molecule has 252 valence electrons. The van der Waals surface area contributed by atoms with E-state index in [-0.39, 0.29) is 18.1 Å². The first-order valence-corrected chi connectivity index (χ1v) is 19.1. The summed E-state index contributed by atoms with van der Waals surface area (Å²) in [6.07, 6.45) is 0.854. The number of rotatable bonds is 3. The lowest BCUT2D eigenvalue weighted by molar-refractivity contribution is 1.27. The third-order valence-electron chi connectivity index (χ3n) is 12.4. The van der Waals surface area contributed by atoms with Crippen molar-refractivity contribution in [3.63, 3.8) is 0 Å². The van der Waals surface area contributed by atoms with Crippen LogP contribution in [0.1, 0.15) is 15.2 Å². The Morgan fingerprint density at radius 2 is 0.836 bits per heavy atom. The van der Waals surface area contributed by atoms with E-state index in [2.05, 4.69) is 164 Å². The van der Waals surface area contributed by atoms with Gasteiger partial charge in [-0.15, -0.1) is 0 Å². The number of hydrogen-bond donors (Lipinski definition) is 0. The van der Waals surface area contributed by atoms with Crippen LogP contribution in [0.4, 0.5) is 0 Å². The van der Waals surface area contributed by atoms with Gasteiger partial charge in [-0.3, -0.25) is 0 Å². The van der Waals surface area contributed by atoms with Crippen LogP contribution in [0.25, 0.3) is 120 Å². The predicted molar refractivity (Wildman–Crippen MR) is 236 cm³/mol. The van der Waals surface area contributed by atoms with Gasteiger partial charge in [0.2, 0.25) is 0 Å². The van der Waals surface area contributed by atoms with E-state index < -0.39 is 0 Å². The number of fused-ring (bicyclic) bond motifs is 4. The lowest BCUT2D eigenvalue weighted by Gasteiger charge is -2.19. The van der Waals surface area contributed by atoms with E-state index >= 15 is 0 Å². The average molecular weight is 696 g/mol. The molecule has 0 heterocycles. The first kappa shape index (κ1) is 26.7. The van der Waals surface area contributed by atoms with Gasteiger partial charge < -0.3 is 0 Å². The zero-order valence-corrected chi connectivity index (χ0v) is 29.8. The number of benzene rings is 12. The van der Waals surface area contributed by atoms with Crippen LogP contribution in [-0.2, 0) is 6.42 Å². The Hall–Kier alpha value is -7.02. The van der Waals surface area contributed by atoms with Gasteiger partial charge in [-0.1, -0.05) is 164 Å². The fourth-order valence-corrected chi connectivity index (χ4v) is 9.89. The van der Waals surface area contributed by atoms with Crippen molar-refractivity contribution in [3.05, 3.63) is 193 Å². The molecule has 0 aliphatic heterocycles. The van der Waals surface area contributed by atoms with Crippen molar-refractivity contribution in [2.75, 3.05) is 0 Å². The van der Waals surface area contributed by atoms with Crippen LogP contribution >= 0.6 is 0 Å². The van der Waals surface area contributed by atoms with Crippen LogP contribution in [0.15, 0.2) is 182 Å². The van der Waals surface area contributed by atoms with Crippen LogP contribution in [0.2, 0.25) is 0 Å². The van der Waals surface area contributed by atoms with Crippen molar-refractivity contribution in [2.24, 2.45) is 0 Å². The van der Waals surface area contributed by atoms with Crippen molar-refractivity contribution in [3.8, 4) is 44.5 Å². The van der Waals surface area contributed by atoms with Crippen molar-refractivity contribution < 1.29 is 4.11 Å². The molecule has 55 heavy (non-hydrogen) atoms. The van der Waals surface area contributed by atoms with Crippen LogP contribution in [-0.4, -0.2) is 0 Å². The second-order valence-corrected chi connectivity index (χ2v) is 15.3. The highest BCUT2D eigenvalue weighted by Crippen LogP contribution is 2.47. The molecule has 0 unspecified atom stereocenters. The summed E-state index contributed by atoms with van der Waals surface area (Å²) in [6, 6.07) is 58.9. The first-order valence-electron chi connectivity index (χ1n) is 20.6. The van der Waals surface area contributed by atoms with E-state index in [1.807, 2.05) is 0 Å². The zero-order chi connectivity index (χ0) is 38.4. The maximum atomic E-state index is 10.4. The van der Waals surface area contributed by atoms with Gasteiger partial charge in [-0.05, 0) is 156 Å². The largest absolute Gasteiger partial charge is 0.0636 e. The van der Waals surface area contributed by atoms with E-state index in [9.17, 15) is 4.11 Å². The second kappa shape index (κ2) is 10.8. The molecule has 1 aliphatic rings. The SMILES string of the molecule is [2H]c1c([2H])c(-c2ccc3c(c2)-c2cc4ccccc4cc2C3)c(-c2ccc3ccc4cccc5ccc2c3c45)c([2H])c1-c1ccc2ccc3cccc4ccc1c2c34. The molecule has 0 spiro atoms. The van der Waals surface area contributed by atoms with Gasteiger partial charge in [0.25, 0.3) is 0 Å². The Balaban J connectivity index is 1.14. The molecule has 0 N–H and O–H groups in total. The topological polar surface area (TPSA) is 0 Å². The summed E-state index contributed by atoms with van der Waals surface area (Å²) in [5.74, 6) is 0. The molecule has 12 aromatic carbocycles. The first-order chi connectivity index (χ1) is 28.5. The fraction of sp³-hybridized carbons (Fsp3) is 0.0182. The minimum absolute atomic E-state index is 0.0726. The molecular formula is C55H32. The smallest absolute Gasteiger partial charge is 0.0616 e. The van der Waals surface area contributed by atoms with Crippen LogP contribution in [0.3, 0.4) is 0 Å². The van der Waals surface area contributed by atoms with Crippen molar-refractivity contribution >= 4 is 75.4 Å². The van der Waals surface area contributed by atoms with Crippen molar-refractivity contribution in [1.29, 1.82) is 0 Å². The molecule has 0 fully saturated rings. The highest BCUT2D eigenvalue weighted by molar-refractivity contribution is 6.27. The van der Waals surface area contributed by atoms with E-state index in [1.165, 1.54) is 65.2 Å². The molecule has 0 radical (unpaired) electrons. The minimum Gasteiger partial charge on any atom is -0.0616 e. The third kappa shape index (κ3) is 4.12. The van der Waals surface area contributed by atoms with Gasteiger partial charge in [-0.25, -0.2) is 0 Å². The quantitative estimate of drug-likeness (QED) is 0.161. The fourth-order valence-electron chi connectivity index (χ4n) is 9.89. The summed E-state index contributed by atoms with van der Waals surface area (Å²) in [5.41, 5.74) is 9.32. The van der Waals surface area contributed by atoms with Gasteiger partial charge in [0.05, 0.1) is 4.11 Å². The molecule has 0 amide bonds. The molecule has 0 saturated heterocycles. The Labute approximate surface area is 322 Å². The summed E-state index contributed by atoms with van der Waals surface area (Å²) >= 11 is 0. The molecule has 0 saturated carbocycles. The normalized spacial score (nSPS) is 13.4. The van der Waals surface area contributed by atoms with Gasteiger partial charge >= 0.3 is 0 Å². The van der Waals surface area contributed by atoms with Gasteiger partial charge in [-0.2, -0.15) is 0 Å². The molecule has 13 rings (SSSR count). The summed E-state index contributed by atoms with van der Waals surface area (Å²) in [4.78, 5) is 0. The van der Waals surface area contributed by atoms with E-state index in [0.29, 0.717) is 16.7 Å². The Bertz CT molecular complexity index is 3710. The van der Waals surface area contributed by atoms with Crippen LogP contribution in [0, 0.1) is 0 Å². The molecule has 0 heteroatoms. The predicted octanol–water partition coefficient (Wildman–Crippen LogP) is 15.2. The Kier molecular flexibility index (Phi) is 5.23. The van der Waals surface area contributed by atoms with E-state index in [0.717, 1.165) is 55.6 Å². The molecule has 12 aromatic rings. The maximum Gasteiger partial charge on any atom is 0.0636 e. The summed E-state index contributed by atoms with van der Waals surface area (Å²) in [7, 11) is 0. The maximum absolute atomic E-state index is 10.4. The summed E-state index contributed by atoms with van der Waals surface area (Å²) in [6.45, 7) is 0. The van der Waals surface area contributed by atoms with Gasteiger partial charge in [0.15, 0.2) is 0 Å². The Morgan fingerprint density at radius 3 is 1.51 bits per heavy atom. The van der Waals surface area contributed by atoms with E-state index in [1.54, 1.807) is 0 Å². The monoisotopic (exact) mass is 695 g/mol. The zero-order valence-electron chi connectivity index (χ0n) is 32.8. The molecule has 0 nitrogen and oxygen atoms in total. The molecular weight excluding hydrogens is 661 g/mol. The molecule has 0 bridgehead atoms. The standard InChI is InChI=1S/C55H32/c1-2-6-39-29-50-43(27-38(39)5-1)28-40-15-16-41(30-49(40)50)45-23-21-42(44-22-17-36-13-11-32-7-3-9-34-19-25-47(44)54(36)52(32)34)31-51(45)46-24-18-37-14-12-33-8-4-10-35-20-26-48(46)55(37)53(33)35/h1-27,29-31H,28H2/i21D,23D,31D. The Morgan fingerprint density at radius 1 is 0.309 bits per heavy atom. The van der Waals surface area contributed by atoms with Crippen molar-refractivity contribution in [1.82, 2.24) is 0 Å². The summed E-state index contributed by atoms with van der Waals surface area (Å²) in [5, 5.41) is 16.2. The average Bonchev–Trinajstić information content (AvgIpc) is 3.62. The highest BCUT2D eigenvalue weighted by Gasteiger charge is 2.22. The van der Waals surface area contributed by atoms with Crippen LogP contribution in [0.5, 0.6) is 0 Å². The summed E-state index contributed by atoms with van der Waals surface area (Å²) < 4.78 is 30.2.